The minimum atomic E-state index is 0.712. The topological polar surface area (TPSA) is 53.9 Å². The van der Waals surface area contributed by atoms with Gasteiger partial charge in [-0.2, -0.15) is 0 Å². The molecule has 0 bridgehead atoms. The number of nitrogens with zero attached hydrogens (tertiary/aromatic N) is 4. The van der Waals surface area contributed by atoms with Crippen LogP contribution in [0, 0.1) is 5.92 Å². The van der Waals surface area contributed by atoms with Crippen molar-refractivity contribution in [1.82, 2.24) is 15.0 Å². The Bertz CT molecular complexity index is 830. The van der Waals surface area contributed by atoms with Crippen molar-refractivity contribution in [3.05, 3.63) is 78.4 Å². The van der Waals surface area contributed by atoms with E-state index in [0.717, 1.165) is 36.2 Å². The second-order valence-corrected chi connectivity index (χ2v) is 7.10. The lowest BCUT2D eigenvalue weighted by Crippen LogP contribution is -2.34. The molecule has 138 valence electrons. The molecule has 0 atom stereocenters. The Kier molecular flexibility index (Phi) is 5.58. The Morgan fingerprint density at radius 1 is 0.963 bits per heavy atom. The molecule has 0 radical (unpaired) electrons. The molecule has 0 amide bonds. The number of aromatic nitrogens is 3. The third kappa shape index (κ3) is 4.82. The summed E-state index contributed by atoms with van der Waals surface area (Å²) in [7, 11) is 0. The number of hydrogen-bond donors (Lipinski definition) is 1. The van der Waals surface area contributed by atoms with Crippen molar-refractivity contribution in [3.8, 4) is 0 Å². The lowest BCUT2D eigenvalue weighted by atomic mass is 9.90. The molecule has 27 heavy (non-hydrogen) atoms. The van der Waals surface area contributed by atoms with Crippen molar-refractivity contribution >= 4 is 11.6 Å². The largest absolute Gasteiger partial charge is 0.366 e. The fourth-order valence-electron chi connectivity index (χ4n) is 3.63. The van der Waals surface area contributed by atoms with Gasteiger partial charge in [0.05, 0.1) is 0 Å². The average molecular weight is 359 g/mol. The van der Waals surface area contributed by atoms with E-state index in [4.69, 9.17) is 0 Å². The first-order valence-corrected chi connectivity index (χ1v) is 9.60. The molecule has 2 aromatic heterocycles. The third-order valence-corrected chi connectivity index (χ3v) is 5.15. The molecular formula is C22H25N5. The summed E-state index contributed by atoms with van der Waals surface area (Å²) in [6.45, 7) is 2.82. The van der Waals surface area contributed by atoms with E-state index in [1.807, 2.05) is 18.3 Å². The maximum atomic E-state index is 4.49. The standard InChI is InChI=1S/C22H25N5/c1-2-5-18(6-3-1)13-19-8-11-27(12-9-19)22-14-21(25-17-26-22)24-16-20-7-4-10-23-15-20/h1-7,10,14-15,17,19H,8-9,11-13,16H2,(H,24,25,26). The van der Waals surface area contributed by atoms with Gasteiger partial charge in [-0.3, -0.25) is 4.98 Å². The van der Waals surface area contributed by atoms with Crippen LogP contribution in [0.1, 0.15) is 24.0 Å². The molecule has 0 spiro atoms. The van der Waals surface area contributed by atoms with Gasteiger partial charge in [-0.05, 0) is 42.4 Å². The van der Waals surface area contributed by atoms with Crippen LogP contribution in [-0.2, 0) is 13.0 Å². The van der Waals surface area contributed by atoms with Crippen LogP contribution in [0.3, 0.4) is 0 Å². The highest BCUT2D eigenvalue weighted by Gasteiger charge is 2.20. The normalized spacial score (nSPS) is 14.9. The van der Waals surface area contributed by atoms with Crippen molar-refractivity contribution in [2.24, 2.45) is 5.92 Å². The third-order valence-electron chi connectivity index (χ3n) is 5.15. The number of piperidine rings is 1. The minimum absolute atomic E-state index is 0.712. The van der Waals surface area contributed by atoms with Gasteiger partial charge in [0.15, 0.2) is 0 Å². The average Bonchev–Trinajstić information content (AvgIpc) is 2.75. The predicted octanol–water partition coefficient (Wildman–Crippen LogP) is 3.94. The molecule has 1 N–H and O–H groups in total. The predicted molar refractivity (Wildman–Crippen MR) is 109 cm³/mol. The van der Waals surface area contributed by atoms with Crippen LogP contribution in [0.2, 0.25) is 0 Å². The second kappa shape index (κ2) is 8.62. The summed E-state index contributed by atoms with van der Waals surface area (Å²) in [6, 6.07) is 16.9. The Hall–Kier alpha value is -2.95. The highest BCUT2D eigenvalue weighted by Crippen LogP contribution is 2.25. The van der Waals surface area contributed by atoms with Crippen LogP contribution in [0.4, 0.5) is 11.6 Å². The van der Waals surface area contributed by atoms with Crippen LogP contribution in [0.25, 0.3) is 0 Å². The molecule has 0 saturated carbocycles. The van der Waals surface area contributed by atoms with Gasteiger partial charge >= 0.3 is 0 Å². The van der Waals surface area contributed by atoms with Crippen LogP contribution in [0.15, 0.2) is 67.3 Å². The van der Waals surface area contributed by atoms with Gasteiger partial charge in [-0.25, -0.2) is 9.97 Å². The molecule has 5 heteroatoms. The molecule has 4 rings (SSSR count). The number of benzene rings is 1. The zero-order valence-corrected chi connectivity index (χ0v) is 15.5. The molecular weight excluding hydrogens is 334 g/mol. The quantitative estimate of drug-likeness (QED) is 0.722. The SMILES string of the molecule is c1ccc(CC2CCN(c3cc(NCc4cccnc4)ncn3)CC2)cc1. The minimum Gasteiger partial charge on any atom is -0.366 e. The molecule has 0 aliphatic carbocycles. The second-order valence-electron chi connectivity index (χ2n) is 7.10. The van der Waals surface area contributed by atoms with Crippen molar-refractivity contribution in [2.45, 2.75) is 25.8 Å². The molecule has 5 nitrogen and oxygen atoms in total. The first-order valence-electron chi connectivity index (χ1n) is 9.60. The molecule has 1 saturated heterocycles. The first-order chi connectivity index (χ1) is 13.4. The zero-order valence-electron chi connectivity index (χ0n) is 15.5. The first kappa shape index (κ1) is 17.5. The Morgan fingerprint density at radius 2 is 1.78 bits per heavy atom. The molecule has 1 aliphatic rings. The van der Waals surface area contributed by atoms with Crippen molar-refractivity contribution < 1.29 is 0 Å². The number of rotatable bonds is 6. The summed E-state index contributed by atoms with van der Waals surface area (Å²) in [5.41, 5.74) is 2.58. The highest BCUT2D eigenvalue weighted by molar-refractivity contribution is 5.48. The molecule has 1 aromatic carbocycles. The van der Waals surface area contributed by atoms with Gasteiger partial charge in [0.2, 0.25) is 0 Å². The fourth-order valence-corrected chi connectivity index (χ4v) is 3.63. The summed E-state index contributed by atoms with van der Waals surface area (Å²) >= 11 is 0. The van der Waals surface area contributed by atoms with Gasteiger partial charge in [0, 0.05) is 38.1 Å². The van der Waals surface area contributed by atoms with Gasteiger partial charge in [0.1, 0.15) is 18.0 Å². The Morgan fingerprint density at radius 3 is 2.56 bits per heavy atom. The van der Waals surface area contributed by atoms with Crippen LogP contribution >= 0.6 is 0 Å². The molecule has 1 aliphatic heterocycles. The summed E-state index contributed by atoms with van der Waals surface area (Å²) in [5, 5.41) is 3.36. The van der Waals surface area contributed by atoms with Crippen molar-refractivity contribution in [1.29, 1.82) is 0 Å². The van der Waals surface area contributed by atoms with Crippen LogP contribution in [-0.4, -0.2) is 28.0 Å². The van der Waals surface area contributed by atoms with E-state index in [0.29, 0.717) is 6.54 Å². The van der Waals surface area contributed by atoms with E-state index >= 15 is 0 Å². The maximum absolute atomic E-state index is 4.49. The van der Waals surface area contributed by atoms with Crippen LogP contribution in [0.5, 0.6) is 0 Å². The van der Waals surface area contributed by atoms with E-state index < -0.39 is 0 Å². The lowest BCUT2D eigenvalue weighted by Gasteiger charge is -2.33. The van der Waals surface area contributed by atoms with Gasteiger partial charge in [-0.15, -0.1) is 0 Å². The summed E-state index contributed by atoms with van der Waals surface area (Å²) < 4.78 is 0. The summed E-state index contributed by atoms with van der Waals surface area (Å²) in [6.07, 6.45) is 8.89. The Labute approximate surface area is 160 Å². The van der Waals surface area contributed by atoms with Gasteiger partial charge in [0.25, 0.3) is 0 Å². The lowest BCUT2D eigenvalue weighted by molar-refractivity contribution is 0.402. The number of pyridine rings is 1. The maximum Gasteiger partial charge on any atom is 0.134 e. The Balaban J connectivity index is 1.32. The fraction of sp³-hybridized carbons (Fsp3) is 0.318. The molecule has 3 aromatic rings. The molecule has 3 heterocycles. The molecule has 0 unspecified atom stereocenters. The zero-order chi connectivity index (χ0) is 18.3. The van der Waals surface area contributed by atoms with Crippen molar-refractivity contribution in [3.63, 3.8) is 0 Å². The van der Waals surface area contributed by atoms with E-state index in [2.05, 4.69) is 61.6 Å². The van der Waals surface area contributed by atoms with E-state index in [-0.39, 0.29) is 0 Å². The van der Waals surface area contributed by atoms with E-state index in [9.17, 15) is 0 Å². The van der Waals surface area contributed by atoms with Crippen molar-refractivity contribution in [2.75, 3.05) is 23.3 Å². The van der Waals surface area contributed by atoms with Crippen LogP contribution < -0.4 is 10.2 Å². The smallest absolute Gasteiger partial charge is 0.134 e. The number of hydrogen-bond acceptors (Lipinski definition) is 5. The van der Waals surface area contributed by atoms with E-state index in [1.54, 1.807) is 12.5 Å². The summed E-state index contributed by atoms with van der Waals surface area (Å²) in [4.78, 5) is 15.4. The molecule has 1 fully saturated rings. The summed E-state index contributed by atoms with van der Waals surface area (Å²) in [5.74, 6) is 2.63. The van der Waals surface area contributed by atoms with Gasteiger partial charge in [-0.1, -0.05) is 36.4 Å². The highest BCUT2D eigenvalue weighted by atomic mass is 15.2. The van der Waals surface area contributed by atoms with Gasteiger partial charge < -0.3 is 10.2 Å². The van der Waals surface area contributed by atoms with E-state index in [1.165, 1.54) is 24.8 Å². The number of anilines is 2. The number of nitrogens with one attached hydrogen (secondary N) is 1. The monoisotopic (exact) mass is 359 g/mol.